The van der Waals surface area contributed by atoms with Gasteiger partial charge in [0.2, 0.25) is 5.91 Å². The molecule has 2 rings (SSSR count). The second-order valence-electron chi connectivity index (χ2n) is 6.26. The van der Waals surface area contributed by atoms with Crippen molar-refractivity contribution in [2.45, 2.75) is 32.7 Å². The number of carbonyl (C=O) groups is 1. The van der Waals surface area contributed by atoms with Crippen LogP contribution in [-0.2, 0) is 11.3 Å². The van der Waals surface area contributed by atoms with Crippen LogP contribution in [0.4, 0.5) is 4.39 Å². The van der Waals surface area contributed by atoms with Crippen molar-refractivity contribution in [3.05, 3.63) is 29.6 Å². The van der Waals surface area contributed by atoms with E-state index in [-0.39, 0.29) is 23.4 Å². The van der Waals surface area contributed by atoms with E-state index in [0.29, 0.717) is 13.0 Å². The van der Waals surface area contributed by atoms with Gasteiger partial charge in [0.05, 0.1) is 13.7 Å². The summed E-state index contributed by atoms with van der Waals surface area (Å²) < 4.78 is 18.7. The van der Waals surface area contributed by atoms with E-state index in [9.17, 15) is 9.18 Å². The first kappa shape index (κ1) is 19.0. The van der Waals surface area contributed by atoms with E-state index in [4.69, 9.17) is 10.5 Å². The third kappa shape index (κ3) is 5.62. The van der Waals surface area contributed by atoms with E-state index in [1.54, 1.807) is 12.1 Å². The third-order valence-electron chi connectivity index (χ3n) is 4.27. The second kappa shape index (κ2) is 9.25. The molecule has 1 aromatic rings. The minimum absolute atomic E-state index is 0.227. The highest BCUT2D eigenvalue weighted by Gasteiger charge is 2.23. The highest BCUT2D eigenvalue weighted by molar-refractivity contribution is 5.80. The Morgan fingerprint density at radius 1 is 1.52 bits per heavy atom. The van der Waals surface area contributed by atoms with Gasteiger partial charge in [0, 0.05) is 26.1 Å². The Kier molecular flexibility index (Phi) is 7.03. The van der Waals surface area contributed by atoms with Crippen LogP contribution in [0.25, 0.3) is 0 Å². The number of piperidine rings is 1. The number of amides is 1. The number of benzene rings is 1. The summed E-state index contributed by atoms with van der Waals surface area (Å²) in [5.74, 6) is 0.619. The normalized spacial score (nSPS) is 18.1. The van der Waals surface area contributed by atoms with Crippen LogP contribution in [0.2, 0.25) is 0 Å². The number of rotatable bonds is 6. The number of methoxy groups -OCH3 is 1. The Labute approximate surface area is 148 Å². The summed E-state index contributed by atoms with van der Waals surface area (Å²) in [4.78, 5) is 18.0. The lowest BCUT2D eigenvalue weighted by atomic mass is 9.95. The number of hydrogen-bond acceptors (Lipinski definition) is 3. The van der Waals surface area contributed by atoms with Gasteiger partial charge in [0.25, 0.3) is 0 Å². The summed E-state index contributed by atoms with van der Waals surface area (Å²) in [6, 6.07) is 4.86. The van der Waals surface area contributed by atoms with Gasteiger partial charge in [-0.3, -0.25) is 4.79 Å². The molecule has 0 radical (unpaired) electrons. The molecule has 25 heavy (non-hydrogen) atoms. The van der Waals surface area contributed by atoms with Crippen LogP contribution in [-0.4, -0.2) is 43.5 Å². The van der Waals surface area contributed by atoms with Crippen LogP contribution in [0, 0.1) is 11.7 Å². The minimum atomic E-state index is -0.389. The molecule has 0 aromatic heterocycles. The maximum absolute atomic E-state index is 13.8. The number of halogens is 1. The Morgan fingerprint density at radius 2 is 2.32 bits per heavy atom. The van der Waals surface area contributed by atoms with E-state index >= 15 is 0 Å². The van der Waals surface area contributed by atoms with Crippen molar-refractivity contribution >= 4 is 11.9 Å². The highest BCUT2D eigenvalue weighted by Crippen LogP contribution is 2.20. The molecule has 1 fully saturated rings. The van der Waals surface area contributed by atoms with Crippen LogP contribution in [0.5, 0.6) is 5.75 Å². The number of guanidine groups is 1. The Morgan fingerprint density at radius 3 is 2.96 bits per heavy atom. The molecule has 0 aliphatic carbocycles. The number of likely N-dealkylation sites (tertiary alicyclic amines) is 1. The van der Waals surface area contributed by atoms with Crippen molar-refractivity contribution in [2.24, 2.45) is 16.6 Å². The molecule has 1 atom stereocenters. The van der Waals surface area contributed by atoms with Crippen LogP contribution in [0.1, 0.15) is 31.7 Å². The molecule has 1 aromatic carbocycles. The maximum Gasteiger partial charge on any atom is 0.217 e. The molecule has 1 amide bonds. The molecule has 138 valence electrons. The SMILES string of the molecule is CCNC(=NCc1ccc(OC)c(F)c1)N1CCCC(CC(N)=O)C1. The number of carbonyl (C=O) groups excluding carboxylic acids is 1. The summed E-state index contributed by atoms with van der Waals surface area (Å²) >= 11 is 0. The fourth-order valence-corrected chi connectivity index (χ4v) is 3.11. The van der Waals surface area contributed by atoms with Gasteiger partial charge in [0.1, 0.15) is 0 Å². The average Bonchev–Trinajstić information content (AvgIpc) is 2.58. The van der Waals surface area contributed by atoms with Gasteiger partial charge < -0.3 is 20.7 Å². The summed E-state index contributed by atoms with van der Waals surface area (Å²) in [6.07, 6.45) is 2.40. The predicted octanol–water partition coefficient (Wildman–Crippen LogP) is 1.89. The molecule has 0 spiro atoms. The highest BCUT2D eigenvalue weighted by atomic mass is 19.1. The molecule has 0 bridgehead atoms. The van der Waals surface area contributed by atoms with Crippen molar-refractivity contribution in [1.82, 2.24) is 10.2 Å². The Balaban J connectivity index is 2.07. The van der Waals surface area contributed by atoms with Crippen LogP contribution in [0.15, 0.2) is 23.2 Å². The zero-order chi connectivity index (χ0) is 18.2. The summed E-state index contributed by atoms with van der Waals surface area (Å²) in [6.45, 7) is 4.77. The van der Waals surface area contributed by atoms with Crippen molar-refractivity contribution in [1.29, 1.82) is 0 Å². The maximum atomic E-state index is 13.8. The zero-order valence-electron chi connectivity index (χ0n) is 14.9. The quantitative estimate of drug-likeness (QED) is 0.606. The van der Waals surface area contributed by atoms with E-state index in [2.05, 4.69) is 15.2 Å². The largest absolute Gasteiger partial charge is 0.494 e. The first-order valence-electron chi connectivity index (χ1n) is 8.67. The standard InChI is InChI=1S/C18H27FN4O2/c1-3-21-18(23-8-4-5-14(12-23)10-17(20)24)22-11-13-6-7-16(25-2)15(19)9-13/h6-7,9,14H,3-5,8,10-12H2,1-2H3,(H2,20,24)(H,21,22). The topological polar surface area (TPSA) is 80.0 Å². The number of ether oxygens (including phenoxy) is 1. The van der Waals surface area contributed by atoms with Gasteiger partial charge in [-0.1, -0.05) is 6.07 Å². The monoisotopic (exact) mass is 350 g/mol. The zero-order valence-corrected chi connectivity index (χ0v) is 14.9. The molecule has 6 nitrogen and oxygen atoms in total. The third-order valence-corrected chi connectivity index (χ3v) is 4.27. The van der Waals surface area contributed by atoms with Gasteiger partial charge in [-0.05, 0) is 43.4 Å². The number of nitrogens with zero attached hydrogens (tertiary/aromatic N) is 2. The number of hydrogen-bond donors (Lipinski definition) is 2. The number of primary amides is 1. The van der Waals surface area contributed by atoms with Crippen LogP contribution >= 0.6 is 0 Å². The first-order valence-corrected chi connectivity index (χ1v) is 8.67. The van der Waals surface area contributed by atoms with E-state index in [0.717, 1.165) is 44.0 Å². The Bertz CT molecular complexity index is 621. The van der Waals surface area contributed by atoms with Gasteiger partial charge in [-0.25, -0.2) is 9.38 Å². The summed E-state index contributed by atoms with van der Waals surface area (Å²) in [5, 5.41) is 3.27. The van der Waals surface area contributed by atoms with Crippen molar-refractivity contribution in [2.75, 3.05) is 26.7 Å². The predicted molar refractivity (Wildman–Crippen MR) is 95.9 cm³/mol. The van der Waals surface area contributed by atoms with Gasteiger partial charge in [-0.15, -0.1) is 0 Å². The molecule has 1 aliphatic rings. The molecule has 0 saturated carbocycles. The molecule has 1 heterocycles. The summed E-state index contributed by atoms with van der Waals surface area (Å²) in [7, 11) is 1.44. The fraction of sp³-hybridized carbons (Fsp3) is 0.556. The molecule has 3 N–H and O–H groups in total. The van der Waals surface area contributed by atoms with Crippen molar-refractivity contribution < 1.29 is 13.9 Å². The lowest BCUT2D eigenvalue weighted by molar-refractivity contribution is -0.119. The minimum Gasteiger partial charge on any atom is -0.494 e. The second-order valence-corrected chi connectivity index (χ2v) is 6.26. The first-order chi connectivity index (χ1) is 12.0. The summed E-state index contributed by atoms with van der Waals surface area (Å²) in [5.41, 5.74) is 6.10. The molecule has 1 unspecified atom stereocenters. The molecule has 7 heteroatoms. The number of nitrogens with one attached hydrogen (secondary N) is 1. The van der Waals surface area contributed by atoms with Crippen molar-refractivity contribution in [3.8, 4) is 5.75 Å². The molecule has 1 saturated heterocycles. The van der Waals surface area contributed by atoms with Crippen molar-refractivity contribution in [3.63, 3.8) is 0 Å². The van der Waals surface area contributed by atoms with E-state index in [1.807, 2.05) is 6.92 Å². The van der Waals surface area contributed by atoms with Gasteiger partial charge in [0.15, 0.2) is 17.5 Å². The van der Waals surface area contributed by atoms with E-state index in [1.165, 1.54) is 13.2 Å². The van der Waals surface area contributed by atoms with Crippen LogP contribution < -0.4 is 15.8 Å². The van der Waals surface area contributed by atoms with Gasteiger partial charge >= 0.3 is 0 Å². The molecular formula is C18H27FN4O2. The lowest BCUT2D eigenvalue weighted by Gasteiger charge is -2.34. The number of aliphatic imine (C=N–C) groups is 1. The van der Waals surface area contributed by atoms with Crippen LogP contribution in [0.3, 0.4) is 0 Å². The Hall–Kier alpha value is -2.31. The molecular weight excluding hydrogens is 323 g/mol. The number of nitrogens with two attached hydrogens (primary N) is 1. The smallest absolute Gasteiger partial charge is 0.217 e. The van der Waals surface area contributed by atoms with Gasteiger partial charge in [-0.2, -0.15) is 0 Å². The average molecular weight is 350 g/mol. The fourth-order valence-electron chi connectivity index (χ4n) is 3.11. The van der Waals surface area contributed by atoms with E-state index < -0.39 is 0 Å². The molecule has 1 aliphatic heterocycles. The lowest BCUT2D eigenvalue weighted by Crippen LogP contribution is -2.47.